The molecule has 0 amide bonds. The molecule has 10 aromatic rings. The Morgan fingerprint density at radius 2 is 1.03 bits per heavy atom. The monoisotopic (exact) mass is 745 g/mol. The molecule has 2 heteroatoms. The molecule has 2 nitrogen and oxygen atoms in total. The molecular formula is C56H43NO. The average molecular weight is 746 g/mol. The lowest BCUT2D eigenvalue weighted by atomic mass is 9.80. The van der Waals surface area contributed by atoms with E-state index in [1.54, 1.807) is 0 Å². The third kappa shape index (κ3) is 5.96. The lowest BCUT2D eigenvalue weighted by Gasteiger charge is -2.29. The van der Waals surface area contributed by atoms with Gasteiger partial charge in [-0.05, 0) is 116 Å². The molecular weight excluding hydrogens is 703 g/mol. The molecule has 1 aromatic heterocycles. The van der Waals surface area contributed by atoms with E-state index in [2.05, 4.69) is 193 Å². The number of nitrogens with zero attached hydrogens (tertiary/aromatic N) is 1. The zero-order chi connectivity index (χ0) is 38.4. The molecule has 0 N–H and O–H groups in total. The fraction of sp³-hybridized carbons (Fsp3) is 0.107. The van der Waals surface area contributed by atoms with E-state index in [-0.39, 0.29) is 0 Å². The van der Waals surface area contributed by atoms with Crippen molar-refractivity contribution in [3.05, 3.63) is 200 Å². The van der Waals surface area contributed by atoms with Crippen LogP contribution in [0.5, 0.6) is 0 Å². The van der Waals surface area contributed by atoms with Crippen LogP contribution in [0.1, 0.15) is 43.6 Å². The lowest BCUT2D eigenvalue weighted by Crippen LogP contribution is -2.11. The minimum Gasteiger partial charge on any atom is -0.456 e. The summed E-state index contributed by atoms with van der Waals surface area (Å²) in [6.45, 7) is 0. The Morgan fingerprint density at radius 3 is 1.91 bits per heavy atom. The predicted octanol–water partition coefficient (Wildman–Crippen LogP) is 16.4. The van der Waals surface area contributed by atoms with Gasteiger partial charge in [0.2, 0.25) is 0 Å². The number of anilines is 3. The van der Waals surface area contributed by atoms with Crippen LogP contribution in [0.4, 0.5) is 17.1 Å². The van der Waals surface area contributed by atoms with E-state index < -0.39 is 0 Å². The summed E-state index contributed by atoms with van der Waals surface area (Å²) in [5.41, 5.74) is 14.0. The highest BCUT2D eigenvalue weighted by molar-refractivity contribution is 6.12. The summed E-state index contributed by atoms with van der Waals surface area (Å²) in [5, 5.41) is 7.50. The topological polar surface area (TPSA) is 16.4 Å². The number of para-hydroxylation sites is 2. The van der Waals surface area contributed by atoms with Crippen LogP contribution in [-0.4, -0.2) is 0 Å². The van der Waals surface area contributed by atoms with Crippen molar-refractivity contribution < 1.29 is 4.42 Å². The van der Waals surface area contributed by atoms with Crippen LogP contribution in [0.2, 0.25) is 0 Å². The summed E-state index contributed by atoms with van der Waals surface area (Å²) in [6, 6.07) is 71.1. The molecule has 0 radical (unpaired) electrons. The summed E-state index contributed by atoms with van der Waals surface area (Å²) < 4.78 is 6.29. The van der Waals surface area contributed by atoms with E-state index in [1.807, 2.05) is 6.07 Å². The Labute approximate surface area is 339 Å². The largest absolute Gasteiger partial charge is 0.456 e. The third-order valence-corrected chi connectivity index (χ3v) is 12.5. The van der Waals surface area contributed by atoms with E-state index in [0.717, 1.165) is 44.6 Å². The summed E-state index contributed by atoms with van der Waals surface area (Å²) in [4.78, 5) is 2.46. The highest BCUT2D eigenvalue weighted by Gasteiger charge is 2.23. The zero-order valence-corrected chi connectivity index (χ0v) is 32.4. The van der Waals surface area contributed by atoms with Gasteiger partial charge in [-0.1, -0.05) is 171 Å². The van der Waals surface area contributed by atoms with E-state index in [4.69, 9.17) is 4.42 Å². The highest BCUT2D eigenvalue weighted by atomic mass is 16.3. The van der Waals surface area contributed by atoms with Gasteiger partial charge in [0.05, 0.1) is 5.69 Å². The van der Waals surface area contributed by atoms with Crippen molar-refractivity contribution in [1.82, 2.24) is 0 Å². The van der Waals surface area contributed by atoms with Crippen molar-refractivity contribution in [3.63, 3.8) is 0 Å². The van der Waals surface area contributed by atoms with Crippen molar-refractivity contribution in [3.8, 4) is 33.4 Å². The maximum absolute atomic E-state index is 6.29. The average Bonchev–Trinajstić information content (AvgIpc) is 3.69. The molecule has 0 unspecified atom stereocenters. The molecule has 1 saturated carbocycles. The molecule has 0 atom stereocenters. The smallest absolute Gasteiger partial charge is 0.136 e. The van der Waals surface area contributed by atoms with Crippen LogP contribution in [0.3, 0.4) is 0 Å². The Kier molecular flexibility index (Phi) is 8.62. The number of benzene rings is 9. The first-order valence-corrected chi connectivity index (χ1v) is 20.8. The van der Waals surface area contributed by atoms with Crippen LogP contribution >= 0.6 is 0 Å². The predicted molar refractivity (Wildman–Crippen MR) is 246 cm³/mol. The molecule has 1 fully saturated rings. The molecule has 278 valence electrons. The van der Waals surface area contributed by atoms with Crippen molar-refractivity contribution >= 4 is 60.5 Å². The van der Waals surface area contributed by atoms with Gasteiger partial charge in [-0.3, -0.25) is 0 Å². The van der Waals surface area contributed by atoms with Crippen LogP contribution in [-0.2, 0) is 0 Å². The summed E-state index contributed by atoms with van der Waals surface area (Å²) in [6.07, 6.45) is 6.48. The Bertz CT molecular complexity index is 3100. The summed E-state index contributed by atoms with van der Waals surface area (Å²) in [5.74, 6) is 0.587. The molecule has 9 aromatic carbocycles. The highest BCUT2D eigenvalue weighted by Crippen LogP contribution is 2.47. The first-order valence-electron chi connectivity index (χ1n) is 20.8. The first-order chi connectivity index (χ1) is 28.8. The molecule has 1 aliphatic carbocycles. The standard InChI is InChI=1S/C56H43NO/c1-2-15-39(16-3-1)47-27-12-19-41-20-13-29-50(55(41)47)49-24-6-8-30-52(49)57(44-22-10-21-42(37-44)46-26-11-18-38-17-4-5-23-45(38)46)43-35-33-40(34-36-43)48-28-14-32-54-56(48)51-25-7-9-31-53(51)58-54/h4-14,17-37,39H,1-3,15-16H2. The number of hydrogen-bond donors (Lipinski definition) is 0. The van der Waals surface area contributed by atoms with E-state index >= 15 is 0 Å². The molecule has 11 rings (SSSR count). The SMILES string of the molecule is c1cc(-c2cccc3ccccc23)cc(N(c2ccc(-c3cccc4oc5ccccc5c34)cc2)c2ccccc2-c2cccc3cccc(C4CCCCC4)c23)c1. The first kappa shape index (κ1) is 34.4. The van der Waals surface area contributed by atoms with Crippen LogP contribution in [0.15, 0.2) is 199 Å². The van der Waals surface area contributed by atoms with Gasteiger partial charge in [0.25, 0.3) is 0 Å². The molecule has 0 bridgehead atoms. The minimum absolute atomic E-state index is 0.587. The maximum atomic E-state index is 6.29. The van der Waals surface area contributed by atoms with Crippen LogP contribution in [0.25, 0.3) is 76.9 Å². The van der Waals surface area contributed by atoms with E-state index in [0.29, 0.717) is 5.92 Å². The number of fused-ring (bicyclic) bond motifs is 5. The number of rotatable bonds is 7. The van der Waals surface area contributed by atoms with Gasteiger partial charge in [-0.15, -0.1) is 0 Å². The van der Waals surface area contributed by atoms with Crippen molar-refractivity contribution in [2.75, 3.05) is 4.90 Å². The molecule has 0 saturated heterocycles. The quantitative estimate of drug-likeness (QED) is 0.162. The van der Waals surface area contributed by atoms with E-state index in [9.17, 15) is 0 Å². The molecule has 1 aliphatic rings. The molecule has 0 spiro atoms. The van der Waals surface area contributed by atoms with Gasteiger partial charge in [0.1, 0.15) is 11.2 Å². The van der Waals surface area contributed by atoms with E-state index in [1.165, 1.54) is 87.0 Å². The fourth-order valence-corrected chi connectivity index (χ4v) is 9.77. The second kappa shape index (κ2) is 14.6. The lowest BCUT2D eigenvalue weighted by molar-refractivity contribution is 0.445. The summed E-state index contributed by atoms with van der Waals surface area (Å²) in [7, 11) is 0. The van der Waals surface area contributed by atoms with Crippen LogP contribution < -0.4 is 4.90 Å². The van der Waals surface area contributed by atoms with Crippen molar-refractivity contribution in [2.24, 2.45) is 0 Å². The summed E-state index contributed by atoms with van der Waals surface area (Å²) >= 11 is 0. The number of furan rings is 1. The fourth-order valence-electron chi connectivity index (χ4n) is 9.77. The van der Waals surface area contributed by atoms with Crippen molar-refractivity contribution in [2.45, 2.75) is 38.0 Å². The second-order valence-corrected chi connectivity index (χ2v) is 15.8. The van der Waals surface area contributed by atoms with Crippen LogP contribution in [0, 0.1) is 0 Å². The van der Waals surface area contributed by atoms with Gasteiger partial charge in [0, 0.05) is 27.7 Å². The third-order valence-electron chi connectivity index (χ3n) is 12.5. The van der Waals surface area contributed by atoms with Gasteiger partial charge in [-0.25, -0.2) is 0 Å². The Balaban J connectivity index is 1.11. The maximum Gasteiger partial charge on any atom is 0.136 e. The van der Waals surface area contributed by atoms with Gasteiger partial charge in [-0.2, -0.15) is 0 Å². The Hall–Kier alpha value is -6.90. The number of hydrogen-bond acceptors (Lipinski definition) is 2. The molecule has 58 heavy (non-hydrogen) atoms. The molecule has 1 heterocycles. The van der Waals surface area contributed by atoms with Gasteiger partial charge in [0.15, 0.2) is 0 Å². The van der Waals surface area contributed by atoms with Crippen molar-refractivity contribution in [1.29, 1.82) is 0 Å². The minimum atomic E-state index is 0.587. The Morgan fingerprint density at radius 1 is 0.397 bits per heavy atom. The van der Waals surface area contributed by atoms with Gasteiger partial charge >= 0.3 is 0 Å². The second-order valence-electron chi connectivity index (χ2n) is 15.8. The van der Waals surface area contributed by atoms with Gasteiger partial charge < -0.3 is 9.32 Å². The normalized spacial score (nSPS) is 13.4. The zero-order valence-electron chi connectivity index (χ0n) is 32.4. The molecule has 0 aliphatic heterocycles.